The minimum absolute atomic E-state index is 0.101. The van der Waals surface area contributed by atoms with Crippen LogP contribution in [-0.4, -0.2) is 37.7 Å². The van der Waals surface area contributed by atoms with E-state index in [2.05, 4.69) is 15.2 Å². The van der Waals surface area contributed by atoms with Crippen LogP contribution in [0.25, 0.3) is 0 Å². The molecule has 1 fully saturated rings. The van der Waals surface area contributed by atoms with Crippen LogP contribution in [0.2, 0.25) is 0 Å². The molecule has 1 aliphatic heterocycles. The quantitative estimate of drug-likeness (QED) is 0.875. The number of pyridine rings is 1. The highest BCUT2D eigenvalue weighted by molar-refractivity contribution is 5.91. The average molecular weight is 341 g/mol. The van der Waals surface area contributed by atoms with Gasteiger partial charge in [-0.25, -0.2) is 4.98 Å². The third-order valence-electron chi connectivity index (χ3n) is 4.16. The minimum Gasteiger partial charge on any atom is -0.493 e. The van der Waals surface area contributed by atoms with Gasteiger partial charge in [-0.2, -0.15) is 0 Å². The molecule has 1 amide bonds. The van der Waals surface area contributed by atoms with Crippen LogP contribution in [0.1, 0.15) is 19.3 Å². The van der Waals surface area contributed by atoms with Gasteiger partial charge >= 0.3 is 0 Å². The number of methoxy groups -OCH3 is 1. The Labute approximate surface area is 147 Å². The van der Waals surface area contributed by atoms with Gasteiger partial charge < -0.3 is 19.7 Å². The molecule has 1 aliphatic rings. The highest BCUT2D eigenvalue weighted by Crippen LogP contribution is 2.25. The van der Waals surface area contributed by atoms with Crippen LogP contribution >= 0.6 is 0 Å². The van der Waals surface area contributed by atoms with Crippen molar-refractivity contribution in [1.82, 2.24) is 4.98 Å². The van der Waals surface area contributed by atoms with E-state index < -0.39 is 0 Å². The molecule has 0 bridgehead atoms. The predicted molar refractivity (Wildman–Crippen MR) is 97.4 cm³/mol. The van der Waals surface area contributed by atoms with Crippen LogP contribution in [-0.2, 0) is 4.79 Å². The summed E-state index contributed by atoms with van der Waals surface area (Å²) in [6.07, 6.45) is 5.55. The maximum absolute atomic E-state index is 12.0. The number of carbonyl (C=O) groups excluding carboxylic acids is 1. The summed E-state index contributed by atoms with van der Waals surface area (Å²) in [6, 6.07) is 11.0. The maximum atomic E-state index is 12.0. The van der Waals surface area contributed by atoms with Crippen molar-refractivity contribution >= 4 is 17.4 Å². The number of piperidine rings is 1. The van der Waals surface area contributed by atoms with E-state index in [1.165, 1.54) is 19.3 Å². The Hall–Kier alpha value is -2.76. The van der Waals surface area contributed by atoms with Gasteiger partial charge in [-0.1, -0.05) is 12.1 Å². The number of hydrogen-bond donors (Lipinski definition) is 1. The molecule has 25 heavy (non-hydrogen) atoms. The molecule has 0 radical (unpaired) electrons. The lowest BCUT2D eigenvalue weighted by molar-refractivity contribution is -0.118. The molecule has 3 rings (SSSR count). The highest BCUT2D eigenvalue weighted by Gasteiger charge is 2.12. The van der Waals surface area contributed by atoms with Gasteiger partial charge in [0.25, 0.3) is 5.91 Å². The van der Waals surface area contributed by atoms with E-state index in [0.717, 1.165) is 18.8 Å². The monoisotopic (exact) mass is 341 g/mol. The molecule has 2 aromatic rings. The fourth-order valence-electron chi connectivity index (χ4n) is 2.86. The van der Waals surface area contributed by atoms with Crippen molar-refractivity contribution in [3.63, 3.8) is 0 Å². The van der Waals surface area contributed by atoms with Crippen LogP contribution in [0.4, 0.5) is 11.5 Å². The highest BCUT2D eigenvalue weighted by atomic mass is 16.5. The molecule has 0 unspecified atom stereocenters. The van der Waals surface area contributed by atoms with Gasteiger partial charge in [0.2, 0.25) is 0 Å². The predicted octanol–water partition coefficient (Wildman–Crippen LogP) is 3.10. The number of para-hydroxylation sites is 2. The molecule has 2 heterocycles. The largest absolute Gasteiger partial charge is 0.493 e. The zero-order chi connectivity index (χ0) is 17.5. The number of rotatable bonds is 6. The number of nitrogens with one attached hydrogen (secondary N) is 1. The molecule has 132 valence electrons. The van der Waals surface area contributed by atoms with E-state index in [0.29, 0.717) is 17.3 Å². The van der Waals surface area contributed by atoms with Crippen LogP contribution in [0.5, 0.6) is 11.5 Å². The van der Waals surface area contributed by atoms with Gasteiger partial charge in [-0.05, 0) is 43.5 Å². The van der Waals surface area contributed by atoms with Gasteiger partial charge in [0.15, 0.2) is 18.1 Å². The van der Waals surface area contributed by atoms with Crippen LogP contribution in [0.3, 0.4) is 0 Å². The van der Waals surface area contributed by atoms with Crippen molar-refractivity contribution in [2.45, 2.75) is 19.3 Å². The molecular weight excluding hydrogens is 318 g/mol. The van der Waals surface area contributed by atoms with E-state index in [1.54, 1.807) is 19.2 Å². The summed E-state index contributed by atoms with van der Waals surface area (Å²) < 4.78 is 10.7. The van der Waals surface area contributed by atoms with Crippen LogP contribution < -0.4 is 19.7 Å². The lowest BCUT2D eigenvalue weighted by Gasteiger charge is -2.28. The topological polar surface area (TPSA) is 63.7 Å². The van der Waals surface area contributed by atoms with E-state index in [4.69, 9.17) is 9.47 Å². The molecule has 1 N–H and O–H groups in total. The van der Waals surface area contributed by atoms with E-state index in [1.807, 2.05) is 30.5 Å². The first-order valence-corrected chi connectivity index (χ1v) is 8.53. The molecule has 6 nitrogen and oxygen atoms in total. The molecule has 0 aliphatic carbocycles. The lowest BCUT2D eigenvalue weighted by Crippen LogP contribution is -2.29. The molecule has 1 aromatic heterocycles. The number of aromatic nitrogens is 1. The Morgan fingerprint density at radius 2 is 1.88 bits per heavy atom. The number of carbonyl (C=O) groups is 1. The van der Waals surface area contributed by atoms with E-state index in [-0.39, 0.29) is 12.5 Å². The summed E-state index contributed by atoms with van der Waals surface area (Å²) in [6.45, 7) is 2.04. The first-order valence-electron chi connectivity index (χ1n) is 8.53. The number of amides is 1. The molecule has 0 atom stereocenters. The molecule has 1 aromatic carbocycles. The van der Waals surface area contributed by atoms with Gasteiger partial charge in [0.05, 0.1) is 19.0 Å². The van der Waals surface area contributed by atoms with Gasteiger partial charge in [0, 0.05) is 13.1 Å². The number of anilines is 2. The van der Waals surface area contributed by atoms with E-state index in [9.17, 15) is 4.79 Å². The Morgan fingerprint density at radius 3 is 2.56 bits per heavy atom. The average Bonchev–Trinajstić information content (AvgIpc) is 2.68. The van der Waals surface area contributed by atoms with Crippen molar-refractivity contribution < 1.29 is 14.3 Å². The molecule has 6 heteroatoms. The minimum atomic E-state index is -0.260. The fourth-order valence-corrected chi connectivity index (χ4v) is 2.86. The van der Waals surface area contributed by atoms with Crippen LogP contribution in [0.15, 0.2) is 42.6 Å². The standard InChI is InChI=1S/C19H23N3O3/c1-24-16-7-3-4-8-17(16)25-14-19(23)21-18-10-9-15(13-20-18)22-11-5-2-6-12-22/h3-4,7-10,13H,2,5-6,11-12,14H2,1H3,(H,20,21,23). The van der Waals surface area contributed by atoms with Gasteiger partial charge in [0.1, 0.15) is 5.82 Å². The SMILES string of the molecule is COc1ccccc1OCC(=O)Nc1ccc(N2CCCCC2)cn1. The number of nitrogens with zero attached hydrogens (tertiary/aromatic N) is 2. The Balaban J connectivity index is 1.52. The number of ether oxygens (including phenoxy) is 2. The van der Waals surface area contributed by atoms with Crippen molar-refractivity contribution in [1.29, 1.82) is 0 Å². The first-order chi connectivity index (χ1) is 12.3. The Bertz CT molecular complexity index is 697. The second-order valence-electron chi connectivity index (χ2n) is 5.94. The van der Waals surface area contributed by atoms with Crippen LogP contribution in [0, 0.1) is 0 Å². The second kappa shape index (κ2) is 8.37. The van der Waals surface area contributed by atoms with E-state index >= 15 is 0 Å². The summed E-state index contributed by atoms with van der Waals surface area (Å²) in [5.74, 6) is 1.39. The second-order valence-corrected chi connectivity index (χ2v) is 5.94. The summed E-state index contributed by atoms with van der Waals surface area (Å²) in [4.78, 5) is 18.7. The third-order valence-corrected chi connectivity index (χ3v) is 4.16. The maximum Gasteiger partial charge on any atom is 0.263 e. The number of benzene rings is 1. The van der Waals surface area contributed by atoms with Crippen molar-refractivity contribution in [3.05, 3.63) is 42.6 Å². The molecule has 0 spiro atoms. The zero-order valence-corrected chi connectivity index (χ0v) is 14.4. The summed E-state index contributed by atoms with van der Waals surface area (Å²) in [7, 11) is 1.57. The zero-order valence-electron chi connectivity index (χ0n) is 14.4. The number of hydrogen-bond acceptors (Lipinski definition) is 5. The molecular formula is C19H23N3O3. The smallest absolute Gasteiger partial charge is 0.263 e. The summed E-state index contributed by atoms with van der Waals surface area (Å²) >= 11 is 0. The van der Waals surface area contributed by atoms with Crippen molar-refractivity contribution in [3.8, 4) is 11.5 Å². The normalized spacial score (nSPS) is 14.0. The fraction of sp³-hybridized carbons (Fsp3) is 0.368. The lowest BCUT2D eigenvalue weighted by atomic mass is 10.1. The van der Waals surface area contributed by atoms with Crippen molar-refractivity contribution in [2.24, 2.45) is 0 Å². The molecule has 0 saturated carbocycles. The summed E-state index contributed by atoms with van der Waals surface area (Å²) in [5.41, 5.74) is 1.10. The molecule has 1 saturated heterocycles. The first kappa shape index (κ1) is 17.1. The Kier molecular flexibility index (Phi) is 5.72. The third kappa shape index (κ3) is 4.62. The summed E-state index contributed by atoms with van der Waals surface area (Å²) in [5, 5.41) is 2.75. The Morgan fingerprint density at radius 1 is 1.12 bits per heavy atom. The van der Waals surface area contributed by atoms with Gasteiger partial charge in [-0.3, -0.25) is 4.79 Å². The van der Waals surface area contributed by atoms with Gasteiger partial charge in [-0.15, -0.1) is 0 Å². The van der Waals surface area contributed by atoms with Crippen molar-refractivity contribution in [2.75, 3.05) is 37.0 Å².